The molecular weight excluding hydrogens is 140 g/mol. The Balaban J connectivity index is 2.28. The topological polar surface area (TPSA) is 18.5 Å². The lowest BCUT2D eigenvalue weighted by Crippen LogP contribution is -2.01. The van der Waals surface area contributed by atoms with Gasteiger partial charge in [0.2, 0.25) is 0 Å². The fraction of sp³-hybridized carbons (Fsp3) is 0.333. The largest absolute Gasteiger partial charge is 0.468 e. The van der Waals surface area contributed by atoms with Crippen molar-refractivity contribution >= 4 is 0 Å². The number of para-hydroxylation sites is 1. The quantitative estimate of drug-likeness (QED) is 0.485. The summed E-state index contributed by atoms with van der Waals surface area (Å²) in [6, 6.07) is 9.62. The first-order valence-electron chi connectivity index (χ1n) is 3.69. The summed E-state index contributed by atoms with van der Waals surface area (Å²) in [5, 5.41) is 0. The van der Waals surface area contributed by atoms with E-state index in [0.29, 0.717) is 13.4 Å². The second kappa shape index (κ2) is 4.74. The lowest BCUT2D eigenvalue weighted by atomic mass is 10.3. The summed E-state index contributed by atoms with van der Waals surface area (Å²) in [6.07, 6.45) is 0. The van der Waals surface area contributed by atoms with Gasteiger partial charge in [-0.2, -0.15) is 0 Å². The van der Waals surface area contributed by atoms with Gasteiger partial charge in [-0.25, -0.2) is 0 Å². The molecule has 0 aliphatic heterocycles. The Morgan fingerprint density at radius 2 is 1.91 bits per heavy atom. The third-order valence-corrected chi connectivity index (χ3v) is 1.26. The second-order valence-electron chi connectivity index (χ2n) is 2.07. The molecule has 1 aromatic carbocycles. The summed E-state index contributed by atoms with van der Waals surface area (Å²) in [4.78, 5) is 0. The molecule has 0 fully saturated rings. The van der Waals surface area contributed by atoms with Crippen LogP contribution >= 0.6 is 0 Å². The van der Waals surface area contributed by atoms with Gasteiger partial charge >= 0.3 is 0 Å². The van der Waals surface area contributed by atoms with Crippen LogP contribution in [-0.2, 0) is 4.74 Å². The van der Waals surface area contributed by atoms with Crippen molar-refractivity contribution in [3.63, 3.8) is 0 Å². The molecule has 0 heterocycles. The Morgan fingerprint density at radius 3 is 2.55 bits per heavy atom. The van der Waals surface area contributed by atoms with Crippen molar-refractivity contribution in [2.45, 2.75) is 6.92 Å². The number of hydrogen-bond donors (Lipinski definition) is 0. The number of benzene rings is 1. The molecule has 0 saturated carbocycles. The van der Waals surface area contributed by atoms with E-state index in [1.54, 1.807) is 0 Å². The van der Waals surface area contributed by atoms with Crippen LogP contribution in [-0.4, -0.2) is 13.4 Å². The minimum atomic E-state index is 0.334. The van der Waals surface area contributed by atoms with Crippen molar-refractivity contribution in [2.75, 3.05) is 13.4 Å². The molecule has 0 N–H and O–H groups in total. The Bertz CT molecular complexity index is 184. The van der Waals surface area contributed by atoms with E-state index in [0.717, 1.165) is 5.75 Å². The Hall–Kier alpha value is -1.02. The minimum absolute atomic E-state index is 0.334. The van der Waals surface area contributed by atoms with Gasteiger partial charge in [0.25, 0.3) is 0 Å². The smallest absolute Gasteiger partial charge is 0.189 e. The van der Waals surface area contributed by atoms with E-state index < -0.39 is 0 Å². The summed E-state index contributed by atoms with van der Waals surface area (Å²) in [6.45, 7) is 2.96. The van der Waals surface area contributed by atoms with Crippen molar-refractivity contribution < 1.29 is 9.47 Å². The molecule has 0 saturated heterocycles. The van der Waals surface area contributed by atoms with E-state index in [9.17, 15) is 0 Å². The summed E-state index contributed by atoms with van der Waals surface area (Å²) in [7, 11) is 0. The molecule has 2 nitrogen and oxygen atoms in total. The first-order chi connectivity index (χ1) is 5.43. The van der Waals surface area contributed by atoms with Crippen molar-refractivity contribution in [1.82, 2.24) is 0 Å². The standard InChI is InChI=1S/C9H12O2/c1-2-10-8-11-9-6-4-3-5-7-9/h3-7H,2,8H2,1H3. The highest BCUT2D eigenvalue weighted by atomic mass is 16.7. The van der Waals surface area contributed by atoms with E-state index in [1.165, 1.54) is 0 Å². The zero-order valence-electron chi connectivity index (χ0n) is 6.62. The van der Waals surface area contributed by atoms with Crippen LogP contribution in [0.15, 0.2) is 30.3 Å². The van der Waals surface area contributed by atoms with E-state index in [2.05, 4.69) is 0 Å². The Labute approximate surface area is 66.8 Å². The van der Waals surface area contributed by atoms with Gasteiger partial charge in [-0.05, 0) is 19.1 Å². The molecule has 11 heavy (non-hydrogen) atoms. The average molecular weight is 152 g/mol. The molecule has 0 amide bonds. The highest BCUT2D eigenvalue weighted by Crippen LogP contribution is 2.07. The number of rotatable bonds is 4. The van der Waals surface area contributed by atoms with Crippen molar-refractivity contribution in [2.24, 2.45) is 0 Å². The highest BCUT2D eigenvalue weighted by molar-refractivity contribution is 5.20. The van der Waals surface area contributed by atoms with Gasteiger partial charge in [0.15, 0.2) is 6.79 Å². The van der Waals surface area contributed by atoms with Crippen molar-refractivity contribution in [3.05, 3.63) is 30.3 Å². The van der Waals surface area contributed by atoms with E-state index >= 15 is 0 Å². The maximum Gasteiger partial charge on any atom is 0.189 e. The molecule has 0 aliphatic rings. The van der Waals surface area contributed by atoms with Gasteiger partial charge in [0.1, 0.15) is 5.75 Å². The third-order valence-electron chi connectivity index (χ3n) is 1.26. The van der Waals surface area contributed by atoms with Crippen molar-refractivity contribution in [3.8, 4) is 5.75 Å². The van der Waals surface area contributed by atoms with Crippen LogP contribution in [0.4, 0.5) is 0 Å². The van der Waals surface area contributed by atoms with E-state index in [-0.39, 0.29) is 0 Å². The summed E-state index contributed by atoms with van der Waals surface area (Å²) >= 11 is 0. The third kappa shape index (κ3) is 3.05. The minimum Gasteiger partial charge on any atom is -0.468 e. The highest BCUT2D eigenvalue weighted by Gasteiger charge is 1.87. The molecular formula is C9H12O2. The molecule has 0 aromatic heterocycles. The lowest BCUT2D eigenvalue weighted by Gasteiger charge is -2.03. The maximum atomic E-state index is 5.22. The molecule has 0 unspecified atom stereocenters. The van der Waals surface area contributed by atoms with Gasteiger partial charge in [0, 0.05) is 6.61 Å². The van der Waals surface area contributed by atoms with Crippen LogP contribution in [0.25, 0.3) is 0 Å². The van der Waals surface area contributed by atoms with Gasteiger partial charge in [0.05, 0.1) is 0 Å². The van der Waals surface area contributed by atoms with E-state index in [1.807, 2.05) is 37.3 Å². The summed E-state index contributed by atoms with van der Waals surface area (Å²) < 4.78 is 10.2. The fourth-order valence-electron chi connectivity index (χ4n) is 0.710. The molecule has 0 radical (unpaired) electrons. The molecule has 60 valence electrons. The van der Waals surface area contributed by atoms with Crippen LogP contribution in [0, 0.1) is 0 Å². The summed E-state index contributed by atoms with van der Waals surface area (Å²) in [5.41, 5.74) is 0. The molecule has 0 bridgehead atoms. The van der Waals surface area contributed by atoms with E-state index in [4.69, 9.17) is 9.47 Å². The normalized spacial score (nSPS) is 9.55. The average Bonchev–Trinajstić information content (AvgIpc) is 2.07. The van der Waals surface area contributed by atoms with Gasteiger partial charge in [-0.15, -0.1) is 0 Å². The van der Waals surface area contributed by atoms with Crippen LogP contribution < -0.4 is 4.74 Å². The van der Waals surface area contributed by atoms with Crippen LogP contribution in [0.1, 0.15) is 6.92 Å². The lowest BCUT2D eigenvalue weighted by molar-refractivity contribution is 0.0224. The van der Waals surface area contributed by atoms with Crippen LogP contribution in [0.5, 0.6) is 5.75 Å². The Kier molecular flexibility index (Phi) is 3.48. The maximum absolute atomic E-state index is 5.22. The van der Waals surface area contributed by atoms with Crippen molar-refractivity contribution in [1.29, 1.82) is 0 Å². The molecule has 0 atom stereocenters. The molecule has 1 aromatic rings. The zero-order valence-corrected chi connectivity index (χ0v) is 6.62. The van der Waals surface area contributed by atoms with Gasteiger partial charge < -0.3 is 9.47 Å². The monoisotopic (exact) mass is 152 g/mol. The van der Waals surface area contributed by atoms with Crippen LogP contribution in [0.3, 0.4) is 0 Å². The summed E-state index contributed by atoms with van der Waals surface area (Å²) in [5.74, 6) is 0.848. The number of ether oxygens (including phenoxy) is 2. The molecule has 0 spiro atoms. The number of hydrogen-bond acceptors (Lipinski definition) is 2. The predicted octanol–water partition coefficient (Wildman–Crippen LogP) is 2.06. The SMILES string of the molecule is CCOCOc1ccccc1. The fourth-order valence-corrected chi connectivity index (χ4v) is 0.710. The predicted molar refractivity (Wildman–Crippen MR) is 43.6 cm³/mol. The zero-order chi connectivity index (χ0) is 7.94. The van der Waals surface area contributed by atoms with Gasteiger partial charge in [-0.1, -0.05) is 18.2 Å². The van der Waals surface area contributed by atoms with Crippen LogP contribution in [0.2, 0.25) is 0 Å². The molecule has 1 rings (SSSR count). The van der Waals surface area contributed by atoms with Gasteiger partial charge in [-0.3, -0.25) is 0 Å². The first kappa shape index (κ1) is 8.08. The Morgan fingerprint density at radius 1 is 1.18 bits per heavy atom. The second-order valence-corrected chi connectivity index (χ2v) is 2.07. The first-order valence-corrected chi connectivity index (χ1v) is 3.69. The molecule has 0 aliphatic carbocycles. The molecule has 2 heteroatoms.